The summed E-state index contributed by atoms with van der Waals surface area (Å²) in [6, 6.07) is 1.47. The van der Waals surface area contributed by atoms with Crippen molar-refractivity contribution in [2.24, 2.45) is 0 Å². The van der Waals surface area contributed by atoms with E-state index in [0.717, 1.165) is 0 Å². The number of carboxylic acids is 1. The summed E-state index contributed by atoms with van der Waals surface area (Å²) in [7, 11) is 0. The third kappa shape index (κ3) is 1.71. The summed E-state index contributed by atoms with van der Waals surface area (Å²) in [6.07, 6.45) is 1.22. The molecule has 0 aromatic carbocycles. The Kier molecular flexibility index (Phi) is 2.51. The van der Waals surface area contributed by atoms with Gasteiger partial charge in [-0.2, -0.15) is 8.78 Å². The molecular weight excluding hydrogens is 192 g/mol. The van der Waals surface area contributed by atoms with Crippen molar-refractivity contribution >= 4 is 5.97 Å². The fourth-order valence-corrected chi connectivity index (χ4v) is 1.15. The zero-order valence-electron chi connectivity index (χ0n) is 7.71. The van der Waals surface area contributed by atoms with E-state index >= 15 is 0 Å². The smallest absolute Gasteiger partial charge is 0.384 e. The predicted octanol–water partition coefficient (Wildman–Crippen LogP) is 1.87. The second kappa shape index (κ2) is 3.32. The first-order valence-electron chi connectivity index (χ1n) is 3.90. The molecule has 14 heavy (non-hydrogen) atoms. The summed E-state index contributed by atoms with van der Waals surface area (Å²) in [5, 5.41) is 8.30. The van der Waals surface area contributed by atoms with Crippen LogP contribution in [-0.4, -0.2) is 16.1 Å². The van der Waals surface area contributed by atoms with Crippen LogP contribution in [0.5, 0.6) is 0 Å². The first kappa shape index (κ1) is 10.6. The number of hydrogen-bond acceptors (Lipinski definition) is 2. The Morgan fingerprint density at radius 2 is 2.07 bits per heavy atom. The van der Waals surface area contributed by atoms with Gasteiger partial charge in [-0.05, 0) is 25.0 Å². The Morgan fingerprint density at radius 3 is 2.50 bits per heavy atom. The van der Waals surface area contributed by atoms with Gasteiger partial charge in [0.15, 0.2) is 0 Å². The highest BCUT2D eigenvalue weighted by molar-refractivity contribution is 5.77. The Labute approximate surface area is 79.4 Å². The lowest BCUT2D eigenvalue weighted by atomic mass is 10.1. The lowest BCUT2D eigenvalue weighted by molar-refractivity contribution is -0.167. The Bertz CT molecular complexity index is 377. The third-order valence-corrected chi connectivity index (χ3v) is 1.78. The van der Waals surface area contributed by atoms with Crippen LogP contribution in [0.2, 0.25) is 0 Å². The maximum Gasteiger partial charge on any atom is 0.384 e. The Hall–Kier alpha value is -1.52. The van der Waals surface area contributed by atoms with Crippen LogP contribution in [-0.2, 0) is 10.7 Å². The van der Waals surface area contributed by atoms with Crippen molar-refractivity contribution in [3.63, 3.8) is 0 Å². The molecule has 0 radical (unpaired) electrons. The van der Waals surface area contributed by atoms with E-state index in [-0.39, 0.29) is 5.56 Å². The highest BCUT2D eigenvalue weighted by Crippen LogP contribution is 2.28. The van der Waals surface area contributed by atoms with Crippen molar-refractivity contribution in [2.45, 2.75) is 19.8 Å². The van der Waals surface area contributed by atoms with Crippen LogP contribution in [0.25, 0.3) is 0 Å². The van der Waals surface area contributed by atoms with Crippen molar-refractivity contribution in [3.8, 4) is 0 Å². The van der Waals surface area contributed by atoms with Gasteiger partial charge < -0.3 is 5.11 Å². The number of alkyl halides is 2. The summed E-state index contributed by atoms with van der Waals surface area (Å²) in [4.78, 5) is 13.7. The molecule has 0 aliphatic heterocycles. The average Bonchev–Trinajstić information content (AvgIpc) is 2.02. The molecule has 0 atom stereocenters. The highest BCUT2D eigenvalue weighted by Gasteiger charge is 2.43. The largest absolute Gasteiger partial charge is 0.476 e. The normalized spacial score (nSPS) is 11.4. The molecule has 0 fully saturated rings. The zero-order valence-corrected chi connectivity index (χ0v) is 7.71. The molecule has 5 heteroatoms. The van der Waals surface area contributed by atoms with Gasteiger partial charge in [-0.1, -0.05) is 6.07 Å². The minimum Gasteiger partial charge on any atom is -0.476 e. The Morgan fingerprint density at radius 1 is 1.50 bits per heavy atom. The maximum absolute atomic E-state index is 13.0. The number of carbonyl (C=O) groups is 1. The van der Waals surface area contributed by atoms with E-state index in [9.17, 15) is 13.6 Å². The number of carboxylic acid groups (broad SMARTS) is 1. The van der Waals surface area contributed by atoms with Gasteiger partial charge in [-0.3, -0.25) is 4.98 Å². The maximum atomic E-state index is 13.0. The number of pyridine rings is 1. The number of aromatic nitrogens is 1. The number of aryl methyl sites for hydroxylation is 2. The van der Waals surface area contributed by atoms with Gasteiger partial charge in [-0.15, -0.1) is 0 Å². The first-order chi connectivity index (χ1) is 6.35. The average molecular weight is 201 g/mol. The summed E-state index contributed by atoms with van der Waals surface area (Å²) in [5.74, 6) is -6.10. The molecule has 1 rings (SSSR count). The fourth-order valence-electron chi connectivity index (χ4n) is 1.15. The number of aliphatic carboxylic acids is 1. The van der Waals surface area contributed by atoms with Crippen LogP contribution in [0.15, 0.2) is 12.3 Å². The van der Waals surface area contributed by atoms with Crippen LogP contribution in [0.3, 0.4) is 0 Å². The minimum absolute atomic E-state index is 0.178. The van der Waals surface area contributed by atoms with Gasteiger partial charge >= 0.3 is 11.9 Å². The molecule has 1 aromatic rings. The minimum atomic E-state index is -3.92. The van der Waals surface area contributed by atoms with Crippen LogP contribution in [0.1, 0.15) is 16.8 Å². The molecule has 76 valence electrons. The van der Waals surface area contributed by atoms with Crippen LogP contribution in [0.4, 0.5) is 8.78 Å². The van der Waals surface area contributed by atoms with E-state index in [1.165, 1.54) is 19.2 Å². The predicted molar refractivity (Wildman–Crippen MR) is 45.2 cm³/mol. The summed E-state index contributed by atoms with van der Waals surface area (Å²) in [6.45, 7) is 3.11. The van der Waals surface area contributed by atoms with E-state index in [1.807, 2.05) is 0 Å². The topological polar surface area (TPSA) is 50.2 Å². The molecule has 0 spiro atoms. The standard InChI is InChI=1S/C9H9F2NO2/c1-5-3-6(2)7(12-4-5)9(10,11)8(13)14/h3-4H,1-2H3,(H,13,14). The molecule has 1 N–H and O–H groups in total. The summed E-state index contributed by atoms with van der Waals surface area (Å²) >= 11 is 0. The van der Waals surface area contributed by atoms with Crippen LogP contribution < -0.4 is 0 Å². The third-order valence-electron chi connectivity index (χ3n) is 1.78. The molecule has 0 amide bonds. The summed E-state index contributed by atoms with van der Waals surface area (Å²) < 4.78 is 26.0. The van der Waals surface area contributed by atoms with E-state index < -0.39 is 17.6 Å². The molecule has 0 aliphatic rings. The van der Waals surface area contributed by atoms with Crippen molar-refractivity contribution in [3.05, 3.63) is 29.1 Å². The van der Waals surface area contributed by atoms with Crippen molar-refractivity contribution in [2.75, 3.05) is 0 Å². The highest BCUT2D eigenvalue weighted by atomic mass is 19.3. The molecule has 0 unspecified atom stereocenters. The second-order valence-electron chi connectivity index (χ2n) is 3.06. The number of halogens is 2. The van der Waals surface area contributed by atoms with E-state index in [1.54, 1.807) is 6.92 Å². The zero-order chi connectivity index (χ0) is 10.9. The van der Waals surface area contributed by atoms with Crippen molar-refractivity contribution < 1.29 is 18.7 Å². The number of nitrogens with zero attached hydrogens (tertiary/aromatic N) is 1. The number of hydrogen-bond donors (Lipinski definition) is 1. The molecule has 0 bridgehead atoms. The van der Waals surface area contributed by atoms with E-state index in [2.05, 4.69) is 4.98 Å². The number of rotatable bonds is 2. The molecule has 0 saturated heterocycles. The van der Waals surface area contributed by atoms with Gasteiger partial charge in [0, 0.05) is 6.20 Å². The van der Waals surface area contributed by atoms with Crippen molar-refractivity contribution in [1.82, 2.24) is 4.98 Å². The fraction of sp³-hybridized carbons (Fsp3) is 0.333. The summed E-state index contributed by atoms with van der Waals surface area (Å²) in [5.41, 5.74) is 0.195. The van der Waals surface area contributed by atoms with E-state index in [0.29, 0.717) is 5.56 Å². The van der Waals surface area contributed by atoms with Gasteiger partial charge in [0.1, 0.15) is 5.69 Å². The molecule has 1 heterocycles. The van der Waals surface area contributed by atoms with Gasteiger partial charge in [0.25, 0.3) is 0 Å². The molecule has 1 aromatic heterocycles. The monoisotopic (exact) mass is 201 g/mol. The van der Waals surface area contributed by atoms with Gasteiger partial charge in [-0.25, -0.2) is 4.79 Å². The van der Waals surface area contributed by atoms with Crippen molar-refractivity contribution in [1.29, 1.82) is 0 Å². The van der Waals surface area contributed by atoms with Crippen LogP contribution in [0, 0.1) is 13.8 Å². The Balaban J connectivity index is 3.26. The quantitative estimate of drug-likeness (QED) is 0.794. The second-order valence-corrected chi connectivity index (χ2v) is 3.06. The van der Waals surface area contributed by atoms with E-state index in [4.69, 9.17) is 5.11 Å². The SMILES string of the molecule is Cc1cnc(C(F)(F)C(=O)O)c(C)c1. The van der Waals surface area contributed by atoms with Gasteiger partial charge in [0.2, 0.25) is 0 Å². The molecule has 3 nitrogen and oxygen atoms in total. The molecule has 0 aliphatic carbocycles. The molecule has 0 saturated carbocycles. The lowest BCUT2D eigenvalue weighted by Crippen LogP contribution is -2.27. The van der Waals surface area contributed by atoms with Gasteiger partial charge in [0.05, 0.1) is 0 Å². The lowest BCUT2D eigenvalue weighted by Gasteiger charge is -2.12. The molecular formula is C9H9F2NO2. The first-order valence-corrected chi connectivity index (χ1v) is 3.90. The van der Waals surface area contributed by atoms with Crippen LogP contribution >= 0.6 is 0 Å².